The molecule has 0 spiro atoms. The Hall–Kier alpha value is -3.24. The van der Waals surface area contributed by atoms with Gasteiger partial charge in [-0.15, -0.1) is 0 Å². The number of benzene rings is 3. The average Bonchev–Trinajstić information content (AvgIpc) is 3.12. The van der Waals surface area contributed by atoms with Crippen LogP contribution in [0.2, 0.25) is 5.02 Å². The van der Waals surface area contributed by atoms with E-state index in [0.717, 1.165) is 11.1 Å². The van der Waals surface area contributed by atoms with E-state index in [1.54, 1.807) is 13.0 Å². The van der Waals surface area contributed by atoms with E-state index in [4.69, 9.17) is 25.5 Å². The van der Waals surface area contributed by atoms with Gasteiger partial charge in [-0.25, -0.2) is 4.79 Å². The van der Waals surface area contributed by atoms with Gasteiger partial charge in [-0.05, 0) is 42.8 Å². The summed E-state index contributed by atoms with van der Waals surface area (Å²) in [6.45, 7) is 2.43. The van der Waals surface area contributed by atoms with E-state index in [1.165, 1.54) is 0 Å². The lowest BCUT2D eigenvalue weighted by molar-refractivity contribution is 0.0529. The lowest BCUT2D eigenvalue weighted by Crippen LogP contribution is -2.05. The van der Waals surface area contributed by atoms with Gasteiger partial charge >= 0.3 is 5.97 Å². The van der Waals surface area contributed by atoms with E-state index in [1.807, 2.05) is 66.7 Å². The summed E-state index contributed by atoms with van der Waals surface area (Å²) in [5.74, 6) is 0.701. The quantitative estimate of drug-likeness (QED) is 0.342. The van der Waals surface area contributed by atoms with E-state index in [0.29, 0.717) is 39.7 Å². The van der Waals surface area contributed by atoms with Crippen LogP contribution in [0.3, 0.4) is 0 Å². The maximum Gasteiger partial charge on any atom is 0.342 e. The minimum Gasteiger partial charge on any atom is -0.489 e. The highest BCUT2D eigenvalue weighted by Crippen LogP contribution is 2.36. The fraction of sp³-hybridized carbons (Fsp3) is 0.125. The molecule has 29 heavy (non-hydrogen) atoms. The van der Waals surface area contributed by atoms with Crippen LogP contribution in [-0.2, 0) is 11.3 Å². The van der Waals surface area contributed by atoms with Gasteiger partial charge in [0.2, 0.25) is 0 Å². The van der Waals surface area contributed by atoms with Crippen molar-refractivity contribution in [1.82, 2.24) is 0 Å². The van der Waals surface area contributed by atoms with Gasteiger partial charge in [0.15, 0.2) is 0 Å². The molecule has 1 heterocycles. The molecular weight excluding hydrogens is 388 g/mol. The molecule has 4 aromatic rings. The van der Waals surface area contributed by atoms with E-state index in [9.17, 15) is 4.79 Å². The van der Waals surface area contributed by atoms with Crippen molar-refractivity contribution < 1.29 is 18.7 Å². The van der Waals surface area contributed by atoms with E-state index in [2.05, 4.69) is 0 Å². The zero-order valence-electron chi connectivity index (χ0n) is 15.9. The Balaban J connectivity index is 1.72. The summed E-state index contributed by atoms with van der Waals surface area (Å²) < 4.78 is 17.2. The Labute approximate surface area is 173 Å². The first-order valence-electron chi connectivity index (χ1n) is 9.32. The molecule has 0 fully saturated rings. The fourth-order valence-electron chi connectivity index (χ4n) is 3.16. The number of carbonyl (C=O) groups excluding carboxylic acids is 1. The van der Waals surface area contributed by atoms with Gasteiger partial charge in [-0.2, -0.15) is 0 Å². The standard InChI is InChI=1S/C24H19ClO4/c1-2-27-24(26)22-20-14-19(28-15-16-7-6-10-18(25)13-16)11-12-21(20)29-23(22)17-8-4-3-5-9-17/h3-14H,2,15H2,1H3. The molecule has 0 N–H and O–H groups in total. The van der Waals surface area contributed by atoms with Gasteiger partial charge in [0.1, 0.15) is 29.3 Å². The predicted molar refractivity (Wildman–Crippen MR) is 113 cm³/mol. The molecule has 0 saturated carbocycles. The second-order valence-corrected chi connectivity index (χ2v) is 6.91. The van der Waals surface area contributed by atoms with Crippen molar-refractivity contribution in [1.29, 1.82) is 0 Å². The molecule has 0 bridgehead atoms. The number of fused-ring (bicyclic) bond motifs is 1. The van der Waals surface area contributed by atoms with E-state index >= 15 is 0 Å². The summed E-state index contributed by atoms with van der Waals surface area (Å²) in [6, 6.07) is 22.4. The molecule has 0 atom stereocenters. The first-order chi connectivity index (χ1) is 14.2. The Kier molecular flexibility index (Phi) is 5.54. The van der Waals surface area contributed by atoms with Crippen LogP contribution in [0.25, 0.3) is 22.3 Å². The largest absolute Gasteiger partial charge is 0.489 e. The summed E-state index contributed by atoms with van der Waals surface area (Å²) in [5, 5.41) is 1.32. The summed E-state index contributed by atoms with van der Waals surface area (Å²) >= 11 is 6.03. The number of ether oxygens (including phenoxy) is 2. The van der Waals surface area contributed by atoms with Crippen LogP contribution in [0.4, 0.5) is 0 Å². The molecule has 0 saturated heterocycles. The summed E-state index contributed by atoms with van der Waals surface area (Å²) in [5.41, 5.74) is 2.77. The normalized spacial score (nSPS) is 10.8. The van der Waals surface area contributed by atoms with Crippen LogP contribution in [0.1, 0.15) is 22.8 Å². The van der Waals surface area contributed by atoms with Crippen molar-refractivity contribution in [3.63, 3.8) is 0 Å². The van der Waals surface area contributed by atoms with Crippen molar-refractivity contribution in [3.05, 3.63) is 88.9 Å². The van der Waals surface area contributed by atoms with Crippen LogP contribution >= 0.6 is 11.6 Å². The lowest BCUT2D eigenvalue weighted by Gasteiger charge is -2.07. The van der Waals surface area contributed by atoms with Gasteiger partial charge in [0.05, 0.1) is 6.61 Å². The highest BCUT2D eigenvalue weighted by Gasteiger charge is 2.23. The number of carbonyl (C=O) groups is 1. The maximum absolute atomic E-state index is 12.7. The van der Waals surface area contributed by atoms with Crippen molar-refractivity contribution in [2.45, 2.75) is 13.5 Å². The van der Waals surface area contributed by atoms with Gasteiger partial charge in [0.25, 0.3) is 0 Å². The van der Waals surface area contributed by atoms with E-state index in [-0.39, 0.29) is 6.61 Å². The van der Waals surface area contributed by atoms with Crippen LogP contribution in [-0.4, -0.2) is 12.6 Å². The Morgan fingerprint density at radius 2 is 1.83 bits per heavy atom. The summed E-state index contributed by atoms with van der Waals surface area (Å²) in [6.07, 6.45) is 0. The third-order valence-electron chi connectivity index (χ3n) is 4.47. The number of rotatable bonds is 6. The molecule has 0 aliphatic carbocycles. The number of hydrogen-bond acceptors (Lipinski definition) is 4. The second kappa shape index (κ2) is 8.41. The van der Waals surface area contributed by atoms with Gasteiger partial charge in [0, 0.05) is 16.0 Å². The predicted octanol–water partition coefficient (Wildman–Crippen LogP) is 6.51. The Bertz CT molecular complexity index is 1150. The monoisotopic (exact) mass is 406 g/mol. The molecule has 3 aromatic carbocycles. The summed E-state index contributed by atoms with van der Waals surface area (Å²) in [7, 11) is 0. The zero-order chi connectivity index (χ0) is 20.2. The molecule has 0 radical (unpaired) electrons. The Morgan fingerprint density at radius 3 is 2.59 bits per heavy atom. The average molecular weight is 407 g/mol. The number of hydrogen-bond donors (Lipinski definition) is 0. The number of furan rings is 1. The van der Waals surface area contributed by atoms with Gasteiger partial charge in [-0.1, -0.05) is 54.1 Å². The molecule has 0 aliphatic rings. The SMILES string of the molecule is CCOC(=O)c1c(-c2ccccc2)oc2ccc(OCc3cccc(Cl)c3)cc12. The number of esters is 1. The van der Waals surface area contributed by atoms with Crippen molar-refractivity contribution >= 4 is 28.5 Å². The topological polar surface area (TPSA) is 48.7 Å². The molecule has 4 rings (SSSR count). The maximum atomic E-state index is 12.7. The Morgan fingerprint density at radius 1 is 1.00 bits per heavy atom. The minimum absolute atomic E-state index is 0.282. The number of halogens is 1. The molecule has 0 amide bonds. The third kappa shape index (κ3) is 4.13. The van der Waals surface area contributed by atoms with Crippen molar-refractivity contribution in [2.75, 3.05) is 6.61 Å². The summed E-state index contributed by atoms with van der Waals surface area (Å²) in [4.78, 5) is 12.7. The van der Waals surface area contributed by atoms with Crippen LogP contribution in [0, 0.1) is 0 Å². The highest BCUT2D eigenvalue weighted by molar-refractivity contribution is 6.30. The molecule has 1 aromatic heterocycles. The fourth-order valence-corrected chi connectivity index (χ4v) is 3.37. The van der Waals surface area contributed by atoms with Crippen molar-refractivity contribution in [3.8, 4) is 17.1 Å². The van der Waals surface area contributed by atoms with Crippen LogP contribution in [0.15, 0.2) is 77.2 Å². The van der Waals surface area contributed by atoms with Crippen molar-refractivity contribution in [2.24, 2.45) is 0 Å². The minimum atomic E-state index is -0.419. The third-order valence-corrected chi connectivity index (χ3v) is 4.70. The molecule has 0 unspecified atom stereocenters. The molecule has 0 aliphatic heterocycles. The van der Waals surface area contributed by atoms with Crippen LogP contribution in [0.5, 0.6) is 5.75 Å². The zero-order valence-corrected chi connectivity index (χ0v) is 16.6. The van der Waals surface area contributed by atoms with Crippen LogP contribution < -0.4 is 4.74 Å². The lowest BCUT2D eigenvalue weighted by atomic mass is 10.1. The first kappa shape index (κ1) is 19.1. The molecule has 146 valence electrons. The van der Waals surface area contributed by atoms with Gasteiger partial charge in [-0.3, -0.25) is 0 Å². The smallest absolute Gasteiger partial charge is 0.342 e. The molecular formula is C24H19ClO4. The highest BCUT2D eigenvalue weighted by atomic mass is 35.5. The molecule has 5 heteroatoms. The molecule has 4 nitrogen and oxygen atoms in total. The van der Waals surface area contributed by atoms with Gasteiger partial charge < -0.3 is 13.9 Å². The van der Waals surface area contributed by atoms with E-state index < -0.39 is 5.97 Å². The first-order valence-corrected chi connectivity index (χ1v) is 9.70. The second-order valence-electron chi connectivity index (χ2n) is 6.47.